The number of carboxylic acid groups (broad SMARTS) is 2. The highest BCUT2D eigenvalue weighted by molar-refractivity contribution is 6.04. The highest BCUT2D eigenvalue weighted by atomic mass is 16.4. The zero-order chi connectivity index (χ0) is 24.2. The lowest BCUT2D eigenvalue weighted by atomic mass is 9.77. The summed E-state index contributed by atoms with van der Waals surface area (Å²) in [5.41, 5.74) is 7.03. The monoisotopic (exact) mass is 456 g/mol. The van der Waals surface area contributed by atoms with Crippen LogP contribution in [0.15, 0.2) is 54.6 Å². The molecule has 3 aromatic carbocycles. The van der Waals surface area contributed by atoms with Crippen LogP contribution in [0.25, 0.3) is 22.3 Å². The van der Waals surface area contributed by atoms with Gasteiger partial charge in [0.2, 0.25) is 0 Å². The third-order valence-electron chi connectivity index (χ3n) is 7.07. The molecule has 0 atom stereocenters. The number of aryl methyl sites for hydroxylation is 2. The molecular formula is C30H32O4. The van der Waals surface area contributed by atoms with Crippen LogP contribution >= 0.6 is 0 Å². The van der Waals surface area contributed by atoms with Gasteiger partial charge < -0.3 is 10.2 Å². The van der Waals surface area contributed by atoms with E-state index in [1.54, 1.807) is 24.3 Å². The summed E-state index contributed by atoms with van der Waals surface area (Å²) in [6.07, 6.45) is 7.54. The van der Waals surface area contributed by atoms with Crippen LogP contribution in [0.4, 0.5) is 0 Å². The molecule has 1 fully saturated rings. The number of hydrogen-bond donors (Lipinski definition) is 2. The SMILES string of the molecule is CCCCc1cc(C)c(-c2ccccc2C(=O)O)c(-c2ccccc2C(=O)O)c1C1CCCC1. The van der Waals surface area contributed by atoms with Gasteiger partial charge in [-0.3, -0.25) is 0 Å². The zero-order valence-corrected chi connectivity index (χ0v) is 19.9. The fraction of sp³-hybridized carbons (Fsp3) is 0.333. The first-order valence-corrected chi connectivity index (χ1v) is 12.3. The van der Waals surface area contributed by atoms with E-state index in [9.17, 15) is 19.8 Å². The minimum absolute atomic E-state index is 0.235. The summed E-state index contributed by atoms with van der Waals surface area (Å²) in [6.45, 7) is 4.20. The summed E-state index contributed by atoms with van der Waals surface area (Å²) in [6, 6.07) is 16.5. The first-order chi connectivity index (χ1) is 16.4. The second-order valence-electron chi connectivity index (χ2n) is 9.30. The standard InChI is InChI=1S/C30H32O4/c1-3-4-11-21-18-19(2)26(22-14-7-9-16-24(22)29(31)32)28(27(21)20-12-5-6-13-20)23-15-8-10-17-25(23)30(33)34/h7-10,14-18,20H,3-6,11-13H2,1-2H3,(H,31,32)(H,33,34). The highest BCUT2D eigenvalue weighted by Crippen LogP contribution is 2.48. The Morgan fingerprint density at radius 3 is 1.91 bits per heavy atom. The Hall–Kier alpha value is -3.40. The van der Waals surface area contributed by atoms with Crippen LogP contribution in [0.5, 0.6) is 0 Å². The molecule has 0 bridgehead atoms. The van der Waals surface area contributed by atoms with E-state index in [-0.39, 0.29) is 11.1 Å². The molecule has 0 aliphatic heterocycles. The van der Waals surface area contributed by atoms with E-state index in [4.69, 9.17) is 0 Å². The molecule has 1 saturated carbocycles. The van der Waals surface area contributed by atoms with Crippen LogP contribution in [0, 0.1) is 6.92 Å². The maximum absolute atomic E-state index is 12.3. The molecule has 0 spiro atoms. The average Bonchev–Trinajstić information content (AvgIpc) is 3.36. The van der Waals surface area contributed by atoms with Crippen LogP contribution in [0.1, 0.15) is 88.8 Å². The third kappa shape index (κ3) is 4.50. The molecule has 4 nitrogen and oxygen atoms in total. The van der Waals surface area contributed by atoms with Crippen molar-refractivity contribution in [2.24, 2.45) is 0 Å². The largest absolute Gasteiger partial charge is 0.478 e. The Kier molecular flexibility index (Phi) is 7.16. The van der Waals surface area contributed by atoms with Crippen molar-refractivity contribution >= 4 is 11.9 Å². The summed E-state index contributed by atoms with van der Waals surface area (Å²) >= 11 is 0. The van der Waals surface area contributed by atoms with Gasteiger partial charge in [-0.05, 0) is 89.6 Å². The van der Waals surface area contributed by atoms with E-state index in [1.165, 1.54) is 11.1 Å². The van der Waals surface area contributed by atoms with Crippen LogP contribution in [-0.2, 0) is 6.42 Å². The Morgan fingerprint density at radius 2 is 1.38 bits per heavy atom. The molecule has 1 aliphatic rings. The summed E-state index contributed by atoms with van der Waals surface area (Å²) < 4.78 is 0. The summed E-state index contributed by atoms with van der Waals surface area (Å²) in [5, 5.41) is 20.1. The molecule has 0 aromatic heterocycles. The first-order valence-electron chi connectivity index (χ1n) is 12.3. The number of rotatable bonds is 8. The van der Waals surface area contributed by atoms with Crippen molar-refractivity contribution in [1.29, 1.82) is 0 Å². The number of unbranched alkanes of at least 4 members (excludes halogenated alkanes) is 1. The van der Waals surface area contributed by atoms with Crippen molar-refractivity contribution in [3.05, 3.63) is 82.4 Å². The van der Waals surface area contributed by atoms with Crippen molar-refractivity contribution in [2.75, 3.05) is 0 Å². The molecule has 0 unspecified atom stereocenters. The summed E-state index contributed by atoms with van der Waals surface area (Å²) in [7, 11) is 0. The second-order valence-corrected chi connectivity index (χ2v) is 9.30. The van der Waals surface area contributed by atoms with Gasteiger partial charge in [0.05, 0.1) is 11.1 Å². The number of carboxylic acids is 2. The highest BCUT2D eigenvalue weighted by Gasteiger charge is 2.29. The van der Waals surface area contributed by atoms with Gasteiger partial charge in [-0.1, -0.05) is 68.7 Å². The van der Waals surface area contributed by atoms with Gasteiger partial charge in [0, 0.05) is 0 Å². The van der Waals surface area contributed by atoms with Gasteiger partial charge in [0.25, 0.3) is 0 Å². The van der Waals surface area contributed by atoms with Gasteiger partial charge in [-0.15, -0.1) is 0 Å². The van der Waals surface area contributed by atoms with Gasteiger partial charge in [-0.25, -0.2) is 9.59 Å². The number of hydrogen-bond acceptors (Lipinski definition) is 2. The lowest BCUT2D eigenvalue weighted by Crippen LogP contribution is -2.10. The maximum atomic E-state index is 12.3. The molecule has 34 heavy (non-hydrogen) atoms. The smallest absolute Gasteiger partial charge is 0.336 e. The van der Waals surface area contributed by atoms with E-state index in [2.05, 4.69) is 13.0 Å². The predicted molar refractivity (Wildman–Crippen MR) is 136 cm³/mol. The van der Waals surface area contributed by atoms with E-state index in [0.29, 0.717) is 17.0 Å². The van der Waals surface area contributed by atoms with E-state index in [0.717, 1.165) is 61.6 Å². The average molecular weight is 457 g/mol. The van der Waals surface area contributed by atoms with E-state index in [1.807, 2.05) is 31.2 Å². The van der Waals surface area contributed by atoms with E-state index < -0.39 is 11.9 Å². The Morgan fingerprint density at radius 1 is 0.853 bits per heavy atom. The van der Waals surface area contributed by atoms with Crippen molar-refractivity contribution in [2.45, 2.75) is 64.7 Å². The molecule has 2 N–H and O–H groups in total. The zero-order valence-electron chi connectivity index (χ0n) is 19.9. The van der Waals surface area contributed by atoms with Gasteiger partial charge in [-0.2, -0.15) is 0 Å². The van der Waals surface area contributed by atoms with Crippen LogP contribution < -0.4 is 0 Å². The molecule has 0 saturated heterocycles. The Labute approximate surface area is 201 Å². The Balaban J connectivity index is 2.16. The van der Waals surface area contributed by atoms with Crippen molar-refractivity contribution in [3.8, 4) is 22.3 Å². The quantitative estimate of drug-likeness (QED) is 0.364. The topological polar surface area (TPSA) is 74.6 Å². The fourth-order valence-corrected chi connectivity index (χ4v) is 5.56. The first kappa shape index (κ1) is 23.7. The minimum Gasteiger partial charge on any atom is -0.478 e. The van der Waals surface area contributed by atoms with Crippen LogP contribution in [0.3, 0.4) is 0 Å². The molecule has 3 aromatic rings. The van der Waals surface area contributed by atoms with Gasteiger partial charge in [0.15, 0.2) is 0 Å². The Bertz CT molecular complexity index is 1220. The maximum Gasteiger partial charge on any atom is 0.336 e. The molecule has 0 radical (unpaired) electrons. The molecule has 1 aliphatic carbocycles. The van der Waals surface area contributed by atoms with Crippen molar-refractivity contribution < 1.29 is 19.8 Å². The fourth-order valence-electron chi connectivity index (χ4n) is 5.56. The van der Waals surface area contributed by atoms with Crippen molar-refractivity contribution in [3.63, 3.8) is 0 Å². The lowest BCUT2D eigenvalue weighted by Gasteiger charge is -2.27. The third-order valence-corrected chi connectivity index (χ3v) is 7.07. The molecule has 176 valence electrons. The van der Waals surface area contributed by atoms with Crippen LogP contribution in [0.2, 0.25) is 0 Å². The predicted octanol–water partition coefficient (Wildman–Crippen LogP) is 7.73. The number of carbonyl (C=O) groups is 2. The number of aromatic carboxylic acids is 2. The molecule has 4 heteroatoms. The molecule has 4 rings (SSSR count). The minimum atomic E-state index is -0.982. The van der Waals surface area contributed by atoms with Gasteiger partial charge >= 0.3 is 11.9 Å². The van der Waals surface area contributed by atoms with Crippen molar-refractivity contribution in [1.82, 2.24) is 0 Å². The second kappa shape index (κ2) is 10.3. The molecule has 0 heterocycles. The van der Waals surface area contributed by atoms with Gasteiger partial charge in [0.1, 0.15) is 0 Å². The van der Waals surface area contributed by atoms with Crippen LogP contribution in [-0.4, -0.2) is 22.2 Å². The summed E-state index contributed by atoms with van der Waals surface area (Å²) in [4.78, 5) is 24.5. The summed E-state index contributed by atoms with van der Waals surface area (Å²) in [5.74, 6) is -1.60. The normalized spacial score (nSPS) is 13.8. The molecular weight excluding hydrogens is 424 g/mol. The lowest BCUT2D eigenvalue weighted by molar-refractivity contribution is 0.0686. The number of benzene rings is 3. The molecule has 0 amide bonds. The van der Waals surface area contributed by atoms with E-state index >= 15 is 0 Å².